The van der Waals surface area contributed by atoms with Gasteiger partial charge < -0.3 is 9.53 Å². The molecule has 3 nitrogen and oxygen atoms in total. The predicted octanol–water partition coefficient (Wildman–Crippen LogP) is 3.59. The van der Waals surface area contributed by atoms with E-state index in [1.165, 1.54) is 12.1 Å². The zero-order valence-corrected chi connectivity index (χ0v) is 13.2. The number of nitrogens with zero attached hydrogens (tertiary/aromatic N) is 1. The van der Waals surface area contributed by atoms with Gasteiger partial charge in [-0.3, -0.25) is 4.98 Å². The first-order chi connectivity index (χ1) is 10.7. The SMILES string of the molecule is CC(C=O)C1C2CC(Oc3ccnc4ccc(F)cc34)CP21. The minimum Gasteiger partial charge on any atom is -0.489 e. The van der Waals surface area contributed by atoms with Gasteiger partial charge in [0.15, 0.2) is 0 Å². The van der Waals surface area contributed by atoms with Gasteiger partial charge >= 0.3 is 0 Å². The Morgan fingerprint density at radius 1 is 1.45 bits per heavy atom. The van der Waals surface area contributed by atoms with E-state index in [2.05, 4.69) is 4.98 Å². The lowest BCUT2D eigenvalue weighted by Crippen LogP contribution is -2.22. The van der Waals surface area contributed by atoms with E-state index < -0.39 is 0 Å². The average Bonchev–Trinajstić information content (AvgIpc) is 3.03. The second-order valence-corrected chi connectivity index (χ2v) is 8.85. The minimum absolute atomic E-state index is 0.0379. The zero-order valence-electron chi connectivity index (χ0n) is 12.3. The lowest BCUT2D eigenvalue weighted by atomic mass is 10.0. The summed E-state index contributed by atoms with van der Waals surface area (Å²) >= 11 is 0. The molecule has 3 heterocycles. The Kier molecular flexibility index (Phi) is 3.37. The minimum atomic E-state index is -0.274. The second kappa shape index (κ2) is 5.27. The molecule has 5 atom stereocenters. The Labute approximate surface area is 129 Å². The third-order valence-corrected chi connectivity index (χ3v) is 8.21. The van der Waals surface area contributed by atoms with Crippen molar-refractivity contribution >= 4 is 25.1 Å². The van der Waals surface area contributed by atoms with Gasteiger partial charge in [-0.15, -0.1) is 0 Å². The number of carbonyl (C=O) groups excluding carboxylic acids is 1. The summed E-state index contributed by atoms with van der Waals surface area (Å²) in [4.78, 5) is 15.2. The number of ether oxygens (including phenoxy) is 1. The number of halogens is 1. The van der Waals surface area contributed by atoms with Crippen LogP contribution in [0.5, 0.6) is 5.75 Å². The number of pyridine rings is 1. The summed E-state index contributed by atoms with van der Waals surface area (Å²) in [5.41, 5.74) is 2.05. The van der Waals surface area contributed by atoms with Crippen molar-refractivity contribution in [2.45, 2.75) is 30.8 Å². The first kappa shape index (κ1) is 14.1. The number of hydrogen-bond acceptors (Lipinski definition) is 3. The molecule has 0 radical (unpaired) electrons. The van der Waals surface area contributed by atoms with Crippen molar-refractivity contribution in [1.29, 1.82) is 0 Å². The number of benzene rings is 1. The summed E-state index contributed by atoms with van der Waals surface area (Å²) in [5.74, 6) is 0.628. The molecule has 0 bridgehead atoms. The van der Waals surface area contributed by atoms with E-state index in [4.69, 9.17) is 4.74 Å². The Morgan fingerprint density at radius 3 is 3.05 bits per heavy atom. The highest BCUT2D eigenvalue weighted by Gasteiger charge is 2.58. The maximum absolute atomic E-state index is 13.5. The topological polar surface area (TPSA) is 39.2 Å². The van der Waals surface area contributed by atoms with Crippen molar-refractivity contribution in [2.75, 3.05) is 6.16 Å². The van der Waals surface area contributed by atoms with Crippen LogP contribution < -0.4 is 4.74 Å². The van der Waals surface area contributed by atoms with Gasteiger partial charge in [-0.2, -0.15) is 0 Å². The summed E-state index contributed by atoms with van der Waals surface area (Å²) in [6, 6.07) is 6.38. The highest BCUT2D eigenvalue weighted by molar-refractivity contribution is 7.67. The fourth-order valence-electron chi connectivity index (χ4n) is 3.66. The molecule has 0 spiro atoms. The summed E-state index contributed by atoms with van der Waals surface area (Å²) < 4.78 is 19.6. The predicted molar refractivity (Wildman–Crippen MR) is 85.3 cm³/mol. The van der Waals surface area contributed by atoms with Crippen molar-refractivity contribution in [3.8, 4) is 5.75 Å². The Bertz CT molecular complexity index is 726. The van der Waals surface area contributed by atoms with Gasteiger partial charge in [0.25, 0.3) is 0 Å². The van der Waals surface area contributed by atoms with E-state index in [1.54, 1.807) is 12.3 Å². The molecule has 0 amide bonds. The highest BCUT2D eigenvalue weighted by atomic mass is 31.1. The molecule has 2 fully saturated rings. The monoisotopic (exact) mass is 317 g/mol. The van der Waals surface area contributed by atoms with Gasteiger partial charge in [-0.25, -0.2) is 4.39 Å². The van der Waals surface area contributed by atoms with Crippen LogP contribution in [0.2, 0.25) is 0 Å². The van der Waals surface area contributed by atoms with E-state index in [1.807, 2.05) is 13.0 Å². The molecule has 0 aliphatic carbocycles. The maximum atomic E-state index is 13.5. The average molecular weight is 317 g/mol. The largest absolute Gasteiger partial charge is 0.489 e. The molecule has 2 aromatic rings. The van der Waals surface area contributed by atoms with E-state index in [0.717, 1.165) is 29.8 Å². The Hall–Kier alpha value is -1.54. The molecule has 22 heavy (non-hydrogen) atoms. The summed E-state index contributed by atoms with van der Waals surface area (Å²) in [6.45, 7) is 2.02. The summed E-state index contributed by atoms with van der Waals surface area (Å²) in [7, 11) is -0.0379. The highest BCUT2D eigenvalue weighted by Crippen LogP contribution is 2.74. The standard InChI is InChI=1S/C17H17FNO2P/c1-10(8-20)17-16-7-12(9-22(16)17)21-15-4-5-19-14-3-2-11(18)6-13(14)15/h2-6,8,10,12,16-17H,7,9H2,1H3. The Morgan fingerprint density at radius 2 is 2.32 bits per heavy atom. The van der Waals surface area contributed by atoms with Crippen LogP contribution in [0.15, 0.2) is 30.5 Å². The fourth-order valence-corrected chi connectivity index (χ4v) is 7.43. The molecule has 1 aromatic heterocycles. The van der Waals surface area contributed by atoms with E-state index in [9.17, 15) is 9.18 Å². The van der Waals surface area contributed by atoms with E-state index in [-0.39, 0.29) is 25.8 Å². The number of hydrogen-bond donors (Lipinski definition) is 0. The molecule has 2 aliphatic rings. The van der Waals surface area contributed by atoms with Crippen LogP contribution in [0.1, 0.15) is 13.3 Å². The van der Waals surface area contributed by atoms with Crippen molar-refractivity contribution in [3.63, 3.8) is 0 Å². The van der Waals surface area contributed by atoms with Crippen molar-refractivity contribution in [2.24, 2.45) is 5.92 Å². The number of rotatable bonds is 4. The normalized spacial score (nSPS) is 30.8. The van der Waals surface area contributed by atoms with Crippen LogP contribution >= 0.6 is 7.92 Å². The van der Waals surface area contributed by atoms with Gasteiger partial charge in [0.1, 0.15) is 24.0 Å². The van der Waals surface area contributed by atoms with Gasteiger partial charge in [0.05, 0.1) is 5.52 Å². The van der Waals surface area contributed by atoms with Crippen LogP contribution in [-0.4, -0.2) is 34.9 Å². The van der Waals surface area contributed by atoms with E-state index >= 15 is 0 Å². The van der Waals surface area contributed by atoms with Gasteiger partial charge in [0.2, 0.25) is 0 Å². The quantitative estimate of drug-likeness (QED) is 0.639. The molecule has 5 unspecified atom stereocenters. The van der Waals surface area contributed by atoms with Gasteiger partial charge in [-0.05, 0) is 42.0 Å². The molecule has 0 N–H and O–H groups in total. The van der Waals surface area contributed by atoms with Crippen LogP contribution in [0.3, 0.4) is 0 Å². The molecule has 4 rings (SSSR count). The van der Waals surface area contributed by atoms with Crippen LogP contribution in [0.25, 0.3) is 10.9 Å². The first-order valence-corrected chi connectivity index (χ1v) is 9.26. The third-order valence-electron chi connectivity index (χ3n) is 4.74. The molecule has 114 valence electrons. The number of aromatic nitrogens is 1. The summed E-state index contributed by atoms with van der Waals surface area (Å²) in [6.07, 6.45) is 5.06. The van der Waals surface area contributed by atoms with Crippen molar-refractivity contribution in [3.05, 3.63) is 36.3 Å². The van der Waals surface area contributed by atoms with Gasteiger partial charge in [0, 0.05) is 23.7 Å². The van der Waals surface area contributed by atoms with Crippen molar-refractivity contribution < 1.29 is 13.9 Å². The van der Waals surface area contributed by atoms with Crippen LogP contribution in [0, 0.1) is 11.7 Å². The van der Waals surface area contributed by atoms with Crippen LogP contribution in [0.4, 0.5) is 4.39 Å². The molecular formula is C17H17FNO2P. The second-order valence-electron chi connectivity index (χ2n) is 6.20. The number of aldehydes is 1. The Balaban J connectivity index is 1.50. The van der Waals surface area contributed by atoms with Crippen LogP contribution in [-0.2, 0) is 4.79 Å². The lowest BCUT2D eigenvalue weighted by Gasteiger charge is -2.18. The molecule has 0 saturated carbocycles. The van der Waals surface area contributed by atoms with Gasteiger partial charge in [-0.1, -0.05) is 14.8 Å². The molecule has 1 aromatic carbocycles. The molecule has 2 aliphatic heterocycles. The maximum Gasteiger partial charge on any atom is 0.130 e. The molecule has 5 heteroatoms. The summed E-state index contributed by atoms with van der Waals surface area (Å²) in [5, 5.41) is 0.730. The first-order valence-electron chi connectivity index (χ1n) is 7.59. The smallest absolute Gasteiger partial charge is 0.130 e. The molecule has 2 saturated heterocycles. The molecular weight excluding hydrogens is 300 g/mol. The van der Waals surface area contributed by atoms with Crippen molar-refractivity contribution in [1.82, 2.24) is 4.98 Å². The zero-order chi connectivity index (χ0) is 15.3. The number of fused-ring (bicyclic) bond motifs is 2. The third kappa shape index (κ3) is 2.30. The lowest BCUT2D eigenvalue weighted by molar-refractivity contribution is -0.110. The van der Waals surface area contributed by atoms with E-state index in [0.29, 0.717) is 17.1 Å². The fraction of sp³-hybridized carbons (Fsp3) is 0.412. The number of carbonyl (C=O) groups is 1.